The number of nitrogens with zero attached hydrogens (tertiary/aromatic N) is 2. The van der Waals surface area contributed by atoms with Gasteiger partial charge in [0.05, 0.1) is 12.7 Å². The topological polar surface area (TPSA) is 67.6 Å². The van der Waals surface area contributed by atoms with E-state index in [-0.39, 0.29) is 11.9 Å². The SMILES string of the molecule is CCN(C)CCCCNC(=O)c1noc(OC)c1C. The molecule has 0 saturated heterocycles. The molecule has 1 rings (SSSR count). The van der Waals surface area contributed by atoms with E-state index in [0.29, 0.717) is 17.8 Å². The lowest BCUT2D eigenvalue weighted by Gasteiger charge is -2.13. The van der Waals surface area contributed by atoms with Gasteiger partial charge in [-0.3, -0.25) is 4.79 Å². The van der Waals surface area contributed by atoms with Crippen LogP contribution >= 0.6 is 0 Å². The Morgan fingerprint density at radius 1 is 1.47 bits per heavy atom. The third-order valence-electron chi connectivity index (χ3n) is 3.07. The molecule has 0 fully saturated rings. The van der Waals surface area contributed by atoms with Crippen molar-refractivity contribution in [2.24, 2.45) is 0 Å². The Bertz CT molecular complexity index is 404. The predicted octanol–water partition coefficient (Wildman–Crippen LogP) is 1.45. The van der Waals surface area contributed by atoms with Crippen LogP contribution in [0.2, 0.25) is 0 Å². The first kappa shape index (κ1) is 15.5. The second-order valence-electron chi connectivity index (χ2n) is 4.51. The Morgan fingerprint density at radius 2 is 2.21 bits per heavy atom. The molecular weight excluding hydrogens is 246 g/mol. The van der Waals surface area contributed by atoms with Crippen LogP contribution in [-0.4, -0.2) is 49.8 Å². The van der Waals surface area contributed by atoms with Crippen molar-refractivity contribution < 1.29 is 14.1 Å². The molecule has 1 aromatic rings. The van der Waals surface area contributed by atoms with Crippen LogP contribution in [0.15, 0.2) is 4.52 Å². The van der Waals surface area contributed by atoms with Gasteiger partial charge in [-0.25, -0.2) is 0 Å². The molecule has 0 saturated carbocycles. The third-order valence-corrected chi connectivity index (χ3v) is 3.07. The Morgan fingerprint density at radius 3 is 2.79 bits per heavy atom. The van der Waals surface area contributed by atoms with E-state index in [1.165, 1.54) is 7.11 Å². The third kappa shape index (κ3) is 4.55. The highest BCUT2D eigenvalue weighted by atomic mass is 16.6. The van der Waals surface area contributed by atoms with E-state index in [4.69, 9.17) is 9.26 Å². The van der Waals surface area contributed by atoms with Crippen molar-refractivity contribution in [2.75, 3.05) is 33.8 Å². The largest absolute Gasteiger partial charge is 0.467 e. The van der Waals surface area contributed by atoms with Crippen LogP contribution in [0.5, 0.6) is 5.95 Å². The van der Waals surface area contributed by atoms with Crippen molar-refractivity contribution >= 4 is 5.91 Å². The van der Waals surface area contributed by atoms with Gasteiger partial charge < -0.3 is 19.5 Å². The molecule has 0 spiro atoms. The van der Waals surface area contributed by atoms with E-state index in [2.05, 4.69) is 29.3 Å². The lowest BCUT2D eigenvalue weighted by molar-refractivity contribution is 0.0943. The van der Waals surface area contributed by atoms with Crippen LogP contribution in [0.25, 0.3) is 0 Å². The molecule has 1 N–H and O–H groups in total. The average molecular weight is 269 g/mol. The lowest BCUT2D eigenvalue weighted by Crippen LogP contribution is -2.26. The Labute approximate surface area is 114 Å². The number of carbonyl (C=O) groups is 1. The smallest absolute Gasteiger partial charge is 0.314 e. The van der Waals surface area contributed by atoms with Crippen molar-refractivity contribution in [3.05, 3.63) is 11.3 Å². The van der Waals surface area contributed by atoms with Gasteiger partial charge in [-0.2, -0.15) is 0 Å². The van der Waals surface area contributed by atoms with Gasteiger partial charge in [-0.15, -0.1) is 0 Å². The van der Waals surface area contributed by atoms with Crippen LogP contribution < -0.4 is 10.1 Å². The summed E-state index contributed by atoms with van der Waals surface area (Å²) in [4.78, 5) is 14.1. The monoisotopic (exact) mass is 269 g/mol. The van der Waals surface area contributed by atoms with Crippen molar-refractivity contribution in [3.8, 4) is 5.95 Å². The minimum atomic E-state index is -0.214. The molecule has 1 aromatic heterocycles. The number of nitrogens with one attached hydrogen (secondary N) is 1. The summed E-state index contributed by atoms with van der Waals surface area (Å²) in [6.07, 6.45) is 2.01. The number of aromatic nitrogens is 1. The van der Waals surface area contributed by atoms with Gasteiger partial charge in [0.25, 0.3) is 5.91 Å². The summed E-state index contributed by atoms with van der Waals surface area (Å²) in [5.41, 5.74) is 0.924. The molecule has 0 aromatic carbocycles. The minimum absolute atomic E-state index is 0.214. The zero-order chi connectivity index (χ0) is 14.3. The second kappa shape index (κ2) is 7.78. The summed E-state index contributed by atoms with van der Waals surface area (Å²) in [5.74, 6) is 0.0723. The first-order chi connectivity index (χ1) is 9.10. The van der Waals surface area contributed by atoms with Gasteiger partial charge in [0.1, 0.15) is 0 Å². The number of rotatable bonds is 8. The number of hydrogen-bond donors (Lipinski definition) is 1. The van der Waals surface area contributed by atoms with Gasteiger partial charge in [0.15, 0.2) is 5.69 Å². The Kier molecular flexibility index (Phi) is 6.35. The molecule has 0 atom stereocenters. The highest BCUT2D eigenvalue weighted by molar-refractivity contribution is 5.93. The summed E-state index contributed by atoms with van der Waals surface area (Å²) in [7, 11) is 3.57. The van der Waals surface area contributed by atoms with E-state index >= 15 is 0 Å². The van der Waals surface area contributed by atoms with E-state index in [0.717, 1.165) is 25.9 Å². The average Bonchev–Trinajstić information content (AvgIpc) is 2.78. The van der Waals surface area contributed by atoms with E-state index in [1.807, 2.05) is 0 Å². The number of carbonyl (C=O) groups excluding carboxylic acids is 1. The molecule has 0 unspecified atom stereocenters. The van der Waals surface area contributed by atoms with Crippen LogP contribution in [0.4, 0.5) is 0 Å². The van der Waals surface area contributed by atoms with Gasteiger partial charge in [0, 0.05) is 6.54 Å². The lowest BCUT2D eigenvalue weighted by atomic mass is 10.2. The van der Waals surface area contributed by atoms with Crippen molar-refractivity contribution in [1.29, 1.82) is 0 Å². The molecule has 6 nitrogen and oxygen atoms in total. The van der Waals surface area contributed by atoms with Crippen LogP contribution in [0, 0.1) is 6.92 Å². The molecule has 19 heavy (non-hydrogen) atoms. The van der Waals surface area contributed by atoms with Crippen LogP contribution in [0.3, 0.4) is 0 Å². The molecule has 0 bridgehead atoms. The van der Waals surface area contributed by atoms with Crippen molar-refractivity contribution in [2.45, 2.75) is 26.7 Å². The van der Waals surface area contributed by atoms with Gasteiger partial charge >= 0.3 is 5.95 Å². The second-order valence-corrected chi connectivity index (χ2v) is 4.51. The number of hydrogen-bond acceptors (Lipinski definition) is 5. The van der Waals surface area contributed by atoms with Gasteiger partial charge in [-0.05, 0) is 39.9 Å². The zero-order valence-corrected chi connectivity index (χ0v) is 12.2. The summed E-state index contributed by atoms with van der Waals surface area (Å²) in [6.45, 7) is 6.61. The van der Waals surface area contributed by atoms with E-state index < -0.39 is 0 Å². The van der Waals surface area contributed by atoms with E-state index in [1.54, 1.807) is 6.92 Å². The molecule has 1 heterocycles. The zero-order valence-electron chi connectivity index (χ0n) is 12.2. The fraction of sp³-hybridized carbons (Fsp3) is 0.692. The number of ether oxygens (including phenoxy) is 1. The summed E-state index contributed by atoms with van der Waals surface area (Å²) < 4.78 is 9.84. The summed E-state index contributed by atoms with van der Waals surface area (Å²) >= 11 is 0. The first-order valence-corrected chi connectivity index (χ1v) is 6.57. The van der Waals surface area contributed by atoms with Gasteiger partial charge in [-0.1, -0.05) is 12.1 Å². The highest BCUT2D eigenvalue weighted by Crippen LogP contribution is 2.19. The molecule has 0 aliphatic heterocycles. The van der Waals surface area contributed by atoms with Crippen LogP contribution in [0.1, 0.15) is 35.8 Å². The first-order valence-electron chi connectivity index (χ1n) is 6.57. The maximum atomic E-state index is 11.8. The molecule has 108 valence electrons. The minimum Gasteiger partial charge on any atom is -0.467 e. The predicted molar refractivity (Wildman–Crippen MR) is 72.5 cm³/mol. The normalized spacial score (nSPS) is 10.8. The maximum absolute atomic E-state index is 11.8. The fourth-order valence-electron chi connectivity index (χ4n) is 1.67. The highest BCUT2D eigenvalue weighted by Gasteiger charge is 2.18. The molecule has 6 heteroatoms. The molecule has 0 aliphatic rings. The number of amides is 1. The molecular formula is C13H23N3O3. The molecule has 0 aliphatic carbocycles. The van der Waals surface area contributed by atoms with E-state index in [9.17, 15) is 4.79 Å². The van der Waals surface area contributed by atoms with Crippen molar-refractivity contribution in [1.82, 2.24) is 15.4 Å². The van der Waals surface area contributed by atoms with Crippen LogP contribution in [-0.2, 0) is 0 Å². The standard InChI is InChI=1S/C13H23N3O3/c1-5-16(3)9-7-6-8-14-12(17)11-10(2)13(18-4)19-15-11/h5-9H2,1-4H3,(H,14,17). The summed E-state index contributed by atoms with van der Waals surface area (Å²) in [5, 5.41) is 6.54. The fourth-order valence-corrected chi connectivity index (χ4v) is 1.67. The number of methoxy groups -OCH3 is 1. The molecule has 0 radical (unpaired) electrons. The molecule has 1 amide bonds. The summed E-state index contributed by atoms with van der Waals surface area (Å²) in [6, 6.07) is 0. The Hall–Kier alpha value is -1.56. The Balaban J connectivity index is 2.29. The quantitative estimate of drug-likeness (QED) is 0.724. The van der Waals surface area contributed by atoms with Crippen molar-refractivity contribution in [3.63, 3.8) is 0 Å². The maximum Gasteiger partial charge on any atom is 0.314 e. The number of unbranched alkanes of at least 4 members (excludes halogenated alkanes) is 1. The van der Waals surface area contributed by atoms with Gasteiger partial charge in [0.2, 0.25) is 0 Å².